The Balaban J connectivity index is 2.02. The predicted octanol–water partition coefficient (Wildman–Crippen LogP) is 4.88. The van der Waals surface area contributed by atoms with Crippen LogP contribution in [0.4, 0.5) is 5.00 Å². The van der Waals surface area contributed by atoms with Crippen molar-refractivity contribution in [2.45, 2.75) is 32.6 Å². The summed E-state index contributed by atoms with van der Waals surface area (Å²) in [6.45, 7) is 6.32. The highest BCUT2D eigenvalue weighted by Crippen LogP contribution is 2.46. The fraction of sp³-hybridized carbons (Fsp3) is 0.278. The summed E-state index contributed by atoms with van der Waals surface area (Å²) in [5.41, 5.74) is 8.75. The van der Waals surface area contributed by atoms with Gasteiger partial charge in [0.15, 0.2) is 0 Å². The number of allylic oxidation sites excluding steroid dienone is 2. The van der Waals surface area contributed by atoms with Gasteiger partial charge in [-0.2, -0.15) is 5.26 Å². The lowest BCUT2D eigenvalue weighted by Crippen LogP contribution is -2.20. The molecule has 2 heterocycles. The van der Waals surface area contributed by atoms with E-state index in [4.69, 9.17) is 10.2 Å². The smallest absolute Gasteiger partial charge is 0.127 e. The third-order valence-electron chi connectivity index (χ3n) is 3.90. The van der Waals surface area contributed by atoms with Crippen LogP contribution in [-0.2, 0) is 5.41 Å². The van der Waals surface area contributed by atoms with Gasteiger partial charge in [-0.25, -0.2) is 0 Å². The number of anilines is 1. The van der Waals surface area contributed by atoms with Crippen LogP contribution in [-0.4, -0.2) is 0 Å². The minimum absolute atomic E-state index is 0.0171. The van der Waals surface area contributed by atoms with E-state index in [1.54, 1.807) is 0 Å². The van der Waals surface area contributed by atoms with E-state index in [1.165, 1.54) is 21.8 Å². The molecule has 2 N–H and O–H groups in total. The Morgan fingerprint density at radius 3 is 2.77 bits per heavy atom. The van der Waals surface area contributed by atoms with E-state index >= 15 is 0 Å². The number of fused-ring (bicyclic) bond motifs is 1. The number of furan rings is 1. The molecule has 0 unspecified atom stereocenters. The first kappa shape index (κ1) is 14.7. The van der Waals surface area contributed by atoms with E-state index in [-0.39, 0.29) is 5.41 Å². The van der Waals surface area contributed by atoms with Gasteiger partial charge in [0.25, 0.3) is 0 Å². The van der Waals surface area contributed by atoms with Crippen LogP contribution in [0.5, 0.6) is 0 Å². The zero-order valence-electron chi connectivity index (χ0n) is 12.9. The maximum Gasteiger partial charge on any atom is 0.127 e. The first-order chi connectivity index (χ1) is 10.4. The molecule has 4 heteroatoms. The minimum Gasteiger partial charge on any atom is -0.462 e. The molecular formula is C18H18N2OS. The number of nitriles is 1. The highest BCUT2D eigenvalue weighted by molar-refractivity contribution is 7.16. The van der Waals surface area contributed by atoms with Gasteiger partial charge in [-0.1, -0.05) is 19.9 Å². The molecule has 0 bridgehead atoms. The number of hydrogen-bond donors (Lipinski definition) is 1. The summed E-state index contributed by atoms with van der Waals surface area (Å²) in [7, 11) is 0. The number of aryl methyl sites for hydroxylation is 1. The molecule has 1 aliphatic rings. The lowest BCUT2D eigenvalue weighted by molar-refractivity contribution is 0.523. The van der Waals surface area contributed by atoms with Crippen LogP contribution in [0.1, 0.15) is 47.8 Å². The van der Waals surface area contributed by atoms with E-state index in [0.717, 1.165) is 23.5 Å². The van der Waals surface area contributed by atoms with Crippen molar-refractivity contribution in [1.29, 1.82) is 5.26 Å². The van der Waals surface area contributed by atoms with Crippen molar-refractivity contribution in [2.75, 3.05) is 5.73 Å². The van der Waals surface area contributed by atoms with Crippen molar-refractivity contribution in [3.05, 3.63) is 51.3 Å². The fourth-order valence-corrected chi connectivity index (χ4v) is 3.98. The molecular weight excluding hydrogens is 292 g/mol. The highest BCUT2D eigenvalue weighted by atomic mass is 32.1. The standard InChI is InChI=1S/C18H18N2OS/c1-11-4-6-13(21-11)7-5-12-8-14-15(10-19)17(20)22-16(14)18(2,3)9-12/h4-8H,9,20H2,1-3H3/b7-5+. The van der Waals surface area contributed by atoms with Crippen LogP contribution in [0.25, 0.3) is 12.2 Å². The Kier molecular flexibility index (Phi) is 3.46. The van der Waals surface area contributed by atoms with E-state index in [9.17, 15) is 5.26 Å². The molecule has 0 radical (unpaired) electrons. The Hall–Kier alpha value is -2.25. The molecule has 0 aliphatic heterocycles. The number of hydrogen-bond acceptors (Lipinski definition) is 4. The molecule has 3 rings (SSSR count). The monoisotopic (exact) mass is 310 g/mol. The minimum atomic E-state index is -0.0171. The van der Waals surface area contributed by atoms with Gasteiger partial charge in [-0.3, -0.25) is 0 Å². The highest BCUT2D eigenvalue weighted by Gasteiger charge is 2.32. The maximum absolute atomic E-state index is 9.34. The Morgan fingerprint density at radius 2 is 2.14 bits per heavy atom. The Labute approximate surface area is 134 Å². The first-order valence-electron chi connectivity index (χ1n) is 7.18. The van der Waals surface area contributed by atoms with Gasteiger partial charge < -0.3 is 10.2 Å². The second-order valence-electron chi connectivity index (χ2n) is 6.26. The normalized spacial score (nSPS) is 16.4. The lowest BCUT2D eigenvalue weighted by atomic mass is 9.77. The number of nitrogen functional groups attached to an aromatic ring is 1. The maximum atomic E-state index is 9.34. The fourth-order valence-electron chi connectivity index (χ4n) is 2.88. The molecule has 0 amide bonds. The van der Waals surface area contributed by atoms with Gasteiger partial charge in [0.2, 0.25) is 0 Å². The van der Waals surface area contributed by atoms with Crippen molar-refractivity contribution >= 4 is 28.5 Å². The van der Waals surface area contributed by atoms with E-state index in [1.807, 2.05) is 25.1 Å². The molecule has 0 fully saturated rings. The van der Waals surface area contributed by atoms with Gasteiger partial charge in [-0.15, -0.1) is 11.3 Å². The van der Waals surface area contributed by atoms with Crippen LogP contribution in [0.2, 0.25) is 0 Å². The quantitative estimate of drug-likeness (QED) is 0.859. The van der Waals surface area contributed by atoms with Crippen molar-refractivity contribution in [3.63, 3.8) is 0 Å². The summed E-state index contributed by atoms with van der Waals surface area (Å²) in [4.78, 5) is 1.20. The molecule has 0 atom stereocenters. The number of nitrogens with two attached hydrogens (primary N) is 1. The molecule has 112 valence electrons. The molecule has 0 aromatic carbocycles. The van der Waals surface area contributed by atoms with Crippen LogP contribution in [0.3, 0.4) is 0 Å². The van der Waals surface area contributed by atoms with Crippen LogP contribution in [0.15, 0.2) is 28.2 Å². The number of nitrogens with zero attached hydrogens (tertiary/aromatic N) is 1. The second kappa shape index (κ2) is 5.19. The third kappa shape index (κ3) is 2.49. The van der Waals surface area contributed by atoms with E-state index in [0.29, 0.717) is 10.6 Å². The van der Waals surface area contributed by atoms with Crippen LogP contribution in [0, 0.1) is 18.3 Å². The third-order valence-corrected chi connectivity index (χ3v) is 5.30. The van der Waals surface area contributed by atoms with Gasteiger partial charge in [-0.05, 0) is 43.2 Å². The Bertz CT molecular complexity index is 828. The van der Waals surface area contributed by atoms with E-state index < -0.39 is 0 Å². The SMILES string of the molecule is Cc1ccc(/C=C/C2=Cc3c(sc(N)c3C#N)C(C)(C)C2)o1. The van der Waals surface area contributed by atoms with Gasteiger partial charge in [0.05, 0.1) is 5.56 Å². The number of thiophene rings is 1. The topological polar surface area (TPSA) is 63.0 Å². The first-order valence-corrected chi connectivity index (χ1v) is 8.00. The molecule has 0 spiro atoms. The predicted molar refractivity (Wildman–Crippen MR) is 91.5 cm³/mol. The summed E-state index contributed by atoms with van der Waals surface area (Å²) in [5, 5.41) is 9.96. The lowest BCUT2D eigenvalue weighted by Gasteiger charge is -2.29. The largest absolute Gasteiger partial charge is 0.462 e. The molecule has 2 aromatic rings. The summed E-state index contributed by atoms with van der Waals surface area (Å²) in [5.74, 6) is 1.74. The molecule has 2 aromatic heterocycles. The molecule has 0 saturated heterocycles. The second-order valence-corrected chi connectivity index (χ2v) is 7.31. The Morgan fingerprint density at radius 1 is 1.36 bits per heavy atom. The van der Waals surface area contributed by atoms with Crippen molar-refractivity contribution < 1.29 is 4.42 Å². The average molecular weight is 310 g/mol. The van der Waals surface area contributed by atoms with Crippen molar-refractivity contribution in [2.24, 2.45) is 0 Å². The van der Waals surface area contributed by atoms with Gasteiger partial charge >= 0.3 is 0 Å². The van der Waals surface area contributed by atoms with Crippen LogP contribution >= 0.6 is 11.3 Å². The van der Waals surface area contributed by atoms with E-state index in [2.05, 4.69) is 32.1 Å². The molecule has 0 saturated carbocycles. The molecule has 22 heavy (non-hydrogen) atoms. The molecule has 3 nitrogen and oxygen atoms in total. The summed E-state index contributed by atoms with van der Waals surface area (Å²) >= 11 is 1.54. The van der Waals surface area contributed by atoms with Gasteiger partial charge in [0.1, 0.15) is 22.6 Å². The summed E-state index contributed by atoms with van der Waals surface area (Å²) in [6.07, 6.45) is 7.04. The average Bonchev–Trinajstić information content (AvgIpc) is 2.99. The summed E-state index contributed by atoms with van der Waals surface area (Å²) < 4.78 is 5.56. The van der Waals surface area contributed by atoms with Gasteiger partial charge in [0, 0.05) is 15.9 Å². The van der Waals surface area contributed by atoms with Crippen LogP contribution < -0.4 is 5.73 Å². The zero-order valence-corrected chi connectivity index (χ0v) is 13.8. The van der Waals surface area contributed by atoms with Crippen molar-refractivity contribution in [3.8, 4) is 6.07 Å². The summed E-state index contributed by atoms with van der Waals surface area (Å²) in [6, 6.07) is 6.14. The number of rotatable bonds is 2. The molecule has 1 aliphatic carbocycles. The zero-order chi connectivity index (χ0) is 15.9. The van der Waals surface area contributed by atoms with Crippen molar-refractivity contribution in [1.82, 2.24) is 0 Å².